The van der Waals surface area contributed by atoms with E-state index in [0.717, 1.165) is 57.5 Å². The Morgan fingerprint density at radius 3 is 2.76 bits per heavy atom. The van der Waals surface area contributed by atoms with Crippen LogP contribution < -0.4 is 15.4 Å². The van der Waals surface area contributed by atoms with Gasteiger partial charge in [-0.1, -0.05) is 32.0 Å². The molecule has 1 aliphatic heterocycles. The van der Waals surface area contributed by atoms with Crippen molar-refractivity contribution in [1.29, 1.82) is 0 Å². The molecule has 1 aromatic carbocycles. The van der Waals surface area contributed by atoms with E-state index in [-0.39, 0.29) is 30.0 Å². The molecular formula is C19H33IN4O. The van der Waals surface area contributed by atoms with Gasteiger partial charge in [0.2, 0.25) is 0 Å². The maximum Gasteiger partial charge on any atom is 0.191 e. The predicted molar refractivity (Wildman–Crippen MR) is 116 cm³/mol. The fraction of sp³-hybridized carbons (Fsp3) is 0.632. The van der Waals surface area contributed by atoms with E-state index in [1.165, 1.54) is 12.0 Å². The molecule has 0 saturated carbocycles. The van der Waals surface area contributed by atoms with Gasteiger partial charge in [0, 0.05) is 25.1 Å². The van der Waals surface area contributed by atoms with Crippen LogP contribution in [0.25, 0.3) is 0 Å². The minimum Gasteiger partial charge on any atom is -0.493 e. The van der Waals surface area contributed by atoms with Crippen molar-refractivity contribution < 1.29 is 4.74 Å². The molecule has 1 aromatic rings. The normalized spacial score (nSPS) is 16.6. The Labute approximate surface area is 169 Å². The predicted octanol–water partition coefficient (Wildman–Crippen LogP) is 3.42. The van der Waals surface area contributed by atoms with E-state index in [1.807, 2.05) is 12.1 Å². The molecule has 1 unspecified atom stereocenters. The second kappa shape index (κ2) is 12.4. The highest BCUT2D eigenvalue weighted by Crippen LogP contribution is 2.31. The Morgan fingerprint density at radius 1 is 1.24 bits per heavy atom. The molecule has 6 heteroatoms. The van der Waals surface area contributed by atoms with Crippen LogP contribution in [0.4, 0.5) is 0 Å². The maximum absolute atomic E-state index is 5.74. The van der Waals surface area contributed by atoms with Crippen LogP contribution >= 0.6 is 24.0 Å². The van der Waals surface area contributed by atoms with Gasteiger partial charge in [-0.05, 0) is 32.5 Å². The minimum atomic E-state index is 0. The van der Waals surface area contributed by atoms with Gasteiger partial charge in [0.15, 0.2) is 5.96 Å². The van der Waals surface area contributed by atoms with Crippen LogP contribution in [0.1, 0.15) is 45.2 Å². The molecule has 0 aliphatic carbocycles. The van der Waals surface area contributed by atoms with Crippen LogP contribution in [0.2, 0.25) is 0 Å². The van der Waals surface area contributed by atoms with E-state index in [9.17, 15) is 0 Å². The van der Waals surface area contributed by atoms with Crippen molar-refractivity contribution in [2.45, 2.75) is 39.7 Å². The summed E-state index contributed by atoms with van der Waals surface area (Å²) >= 11 is 0. The summed E-state index contributed by atoms with van der Waals surface area (Å²) in [6.45, 7) is 12.2. The number of fused-ring (bicyclic) bond motifs is 1. The molecule has 2 N–H and O–H groups in total. The number of benzene rings is 1. The summed E-state index contributed by atoms with van der Waals surface area (Å²) in [4.78, 5) is 7.20. The highest BCUT2D eigenvalue weighted by molar-refractivity contribution is 14.0. The van der Waals surface area contributed by atoms with E-state index in [0.29, 0.717) is 0 Å². The average molecular weight is 460 g/mol. The number of aliphatic imine (C=N–C) groups is 1. The van der Waals surface area contributed by atoms with Crippen LogP contribution in [-0.2, 0) is 0 Å². The molecule has 1 heterocycles. The highest BCUT2D eigenvalue weighted by Gasteiger charge is 2.21. The molecule has 0 spiro atoms. The SMILES string of the molecule is CCCN(CC)CCN=C(NCC)NC1CCOc2ccccc21.I. The monoisotopic (exact) mass is 460 g/mol. The van der Waals surface area contributed by atoms with Gasteiger partial charge < -0.3 is 20.3 Å². The molecule has 25 heavy (non-hydrogen) atoms. The fourth-order valence-electron chi connectivity index (χ4n) is 3.02. The third-order valence-electron chi connectivity index (χ3n) is 4.29. The van der Waals surface area contributed by atoms with Crippen LogP contribution in [0.3, 0.4) is 0 Å². The van der Waals surface area contributed by atoms with E-state index >= 15 is 0 Å². The van der Waals surface area contributed by atoms with Gasteiger partial charge in [-0.15, -0.1) is 24.0 Å². The molecule has 0 fully saturated rings. The van der Waals surface area contributed by atoms with Crippen molar-refractivity contribution in [2.24, 2.45) is 4.99 Å². The number of guanidine groups is 1. The molecule has 142 valence electrons. The lowest BCUT2D eigenvalue weighted by Gasteiger charge is -2.28. The summed E-state index contributed by atoms with van der Waals surface area (Å²) in [6, 6.07) is 8.52. The van der Waals surface area contributed by atoms with Crippen molar-refractivity contribution in [3.8, 4) is 5.75 Å². The number of nitrogens with one attached hydrogen (secondary N) is 2. The quantitative estimate of drug-likeness (QED) is 0.355. The van der Waals surface area contributed by atoms with Crippen molar-refractivity contribution in [3.05, 3.63) is 29.8 Å². The van der Waals surface area contributed by atoms with Crippen LogP contribution in [-0.4, -0.2) is 50.2 Å². The van der Waals surface area contributed by atoms with Crippen molar-refractivity contribution in [2.75, 3.05) is 39.3 Å². The Bertz CT molecular complexity index is 524. The van der Waals surface area contributed by atoms with E-state index in [4.69, 9.17) is 9.73 Å². The summed E-state index contributed by atoms with van der Waals surface area (Å²) in [5, 5.41) is 6.94. The first-order valence-electron chi connectivity index (χ1n) is 9.27. The number of hydrogen-bond donors (Lipinski definition) is 2. The zero-order chi connectivity index (χ0) is 17.2. The summed E-state index contributed by atoms with van der Waals surface area (Å²) in [7, 11) is 0. The molecule has 0 bridgehead atoms. The number of likely N-dealkylation sites (N-methyl/N-ethyl adjacent to an activating group) is 1. The maximum atomic E-state index is 5.74. The lowest BCUT2D eigenvalue weighted by atomic mass is 10.0. The number of halogens is 1. The van der Waals surface area contributed by atoms with Crippen molar-refractivity contribution in [1.82, 2.24) is 15.5 Å². The number of hydrogen-bond acceptors (Lipinski definition) is 3. The summed E-state index contributed by atoms with van der Waals surface area (Å²) in [6.07, 6.45) is 2.15. The zero-order valence-corrected chi connectivity index (χ0v) is 18.1. The van der Waals surface area contributed by atoms with Crippen molar-refractivity contribution >= 4 is 29.9 Å². The van der Waals surface area contributed by atoms with Gasteiger partial charge in [-0.2, -0.15) is 0 Å². The van der Waals surface area contributed by atoms with Gasteiger partial charge >= 0.3 is 0 Å². The molecule has 2 rings (SSSR count). The lowest BCUT2D eigenvalue weighted by molar-refractivity contribution is 0.261. The first kappa shape index (κ1) is 22.0. The Balaban J connectivity index is 0.00000312. The van der Waals surface area contributed by atoms with Crippen LogP contribution in [0.15, 0.2) is 29.3 Å². The van der Waals surface area contributed by atoms with Gasteiger partial charge in [-0.3, -0.25) is 4.99 Å². The topological polar surface area (TPSA) is 48.9 Å². The van der Waals surface area contributed by atoms with Gasteiger partial charge in [-0.25, -0.2) is 0 Å². The van der Waals surface area contributed by atoms with E-state index < -0.39 is 0 Å². The first-order chi connectivity index (χ1) is 11.8. The van der Waals surface area contributed by atoms with Gasteiger partial charge in [0.1, 0.15) is 5.75 Å². The van der Waals surface area contributed by atoms with E-state index in [2.05, 4.69) is 48.4 Å². The minimum absolute atomic E-state index is 0. The highest BCUT2D eigenvalue weighted by atomic mass is 127. The fourth-order valence-corrected chi connectivity index (χ4v) is 3.02. The lowest BCUT2D eigenvalue weighted by Crippen LogP contribution is -2.41. The molecule has 0 amide bonds. The van der Waals surface area contributed by atoms with Crippen molar-refractivity contribution in [3.63, 3.8) is 0 Å². The third-order valence-corrected chi connectivity index (χ3v) is 4.29. The molecule has 5 nitrogen and oxygen atoms in total. The second-order valence-corrected chi connectivity index (χ2v) is 6.07. The Hall–Kier alpha value is -1.02. The van der Waals surface area contributed by atoms with Crippen LogP contribution in [0, 0.1) is 0 Å². The third kappa shape index (κ3) is 7.01. The molecule has 0 aromatic heterocycles. The standard InChI is InChI=1S/C19H32N4O.HI/c1-4-13-23(6-3)14-12-21-19(20-5-2)22-17-11-15-24-18-10-8-7-9-16(17)18;/h7-10,17H,4-6,11-15H2,1-3H3,(H2,20,21,22);1H. The number of rotatable bonds is 8. The average Bonchev–Trinajstić information content (AvgIpc) is 2.61. The van der Waals surface area contributed by atoms with E-state index in [1.54, 1.807) is 0 Å². The first-order valence-corrected chi connectivity index (χ1v) is 9.27. The summed E-state index contributed by atoms with van der Waals surface area (Å²) < 4.78 is 5.74. The Kier molecular flexibility index (Phi) is 10.9. The van der Waals surface area contributed by atoms with Gasteiger partial charge in [0.25, 0.3) is 0 Å². The summed E-state index contributed by atoms with van der Waals surface area (Å²) in [5.41, 5.74) is 1.22. The molecular weight excluding hydrogens is 427 g/mol. The van der Waals surface area contributed by atoms with Crippen LogP contribution in [0.5, 0.6) is 5.75 Å². The smallest absolute Gasteiger partial charge is 0.191 e. The second-order valence-electron chi connectivity index (χ2n) is 6.07. The Morgan fingerprint density at radius 2 is 2.04 bits per heavy atom. The molecule has 1 atom stereocenters. The molecule has 0 radical (unpaired) electrons. The number of nitrogens with zero attached hydrogens (tertiary/aromatic N) is 2. The molecule has 1 aliphatic rings. The summed E-state index contributed by atoms with van der Waals surface area (Å²) in [5.74, 6) is 1.88. The number of para-hydroxylation sites is 1. The van der Waals surface area contributed by atoms with Gasteiger partial charge in [0.05, 0.1) is 19.2 Å². The zero-order valence-electron chi connectivity index (χ0n) is 15.8. The molecule has 0 saturated heterocycles. The largest absolute Gasteiger partial charge is 0.493 e. The number of ether oxygens (including phenoxy) is 1.